The molecule has 1 atom stereocenters. The third kappa shape index (κ3) is 1.38. The molecule has 0 fully saturated rings. The fraction of sp³-hybridized carbons (Fsp3) is 0.167. The maximum absolute atomic E-state index is 13.4. The number of hydrogen-bond donors (Lipinski definition) is 1. The van der Waals surface area contributed by atoms with Crippen LogP contribution in [-0.2, 0) is 0 Å². The van der Waals surface area contributed by atoms with E-state index in [1.165, 1.54) is 6.07 Å². The van der Waals surface area contributed by atoms with Crippen LogP contribution in [0.3, 0.4) is 0 Å². The quantitative estimate of drug-likeness (QED) is 0.733. The Morgan fingerprint density at radius 1 is 1.07 bits per heavy atom. The Balaban J connectivity index is 2.82. The highest BCUT2D eigenvalue weighted by atomic mass is 19.1. The molecule has 0 amide bonds. The van der Waals surface area contributed by atoms with Crippen molar-refractivity contribution >= 4 is 10.8 Å². The first-order valence-electron chi connectivity index (χ1n) is 4.63. The van der Waals surface area contributed by atoms with Crippen molar-refractivity contribution in [1.82, 2.24) is 0 Å². The second kappa shape index (κ2) is 3.39. The van der Waals surface area contributed by atoms with Crippen molar-refractivity contribution in [2.75, 3.05) is 0 Å². The highest BCUT2D eigenvalue weighted by Gasteiger charge is 2.07. The van der Waals surface area contributed by atoms with E-state index in [1.807, 2.05) is 25.1 Å². The molecule has 2 heteroatoms. The van der Waals surface area contributed by atoms with Crippen LogP contribution >= 0.6 is 0 Å². The van der Waals surface area contributed by atoms with E-state index in [-0.39, 0.29) is 11.9 Å². The largest absolute Gasteiger partial charge is 0.324 e. The van der Waals surface area contributed by atoms with E-state index in [0.717, 1.165) is 10.9 Å². The van der Waals surface area contributed by atoms with E-state index in [9.17, 15) is 4.39 Å². The zero-order valence-corrected chi connectivity index (χ0v) is 8.00. The second-order valence-electron chi connectivity index (χ2n) is 3.47. The topological polar surface area (TPSA) is 26.0 Å². The normalized spacial score (nSPS) is 13.1. The van der Waals surface area contributed by atoms with Crippen LogP contribution in [0.15, 0.2) is 36.4 Å². The number of rotatable bonds is 1. The lowest BCUT2D eigenvalue weighted by Gasteiger charge is -2.10. The molecular weight excluding hydrogens is 177 g/mol. The van der Waals surface area contributed by atoms with Crippen molar-refractivity contribution in [3.63, 3.8) is 0 Å². The van der Waals surface area contributed by atoms with E-state index in [2.05, 4.69) is 0 Å². The second-order valence-corrected chi connectivity index (χ2v) is 3.47. The highest BCUT2D eigenvalue weighted by Crippen LogP contribution is 2.24. The standard InChI is InChI=1S/C12H12FN/c1-8(14)9-6-7-12(13)11-5-3-2-4-10(9)11/h2-8H,14H2,1H3. The van der Waals surface area contributed by atoms with Gasteiger partial charge in [-0.15, -0.1) is 0 Å². The van der Waals surface area contributed by atoms with Gasteiger partial charge in [-0.1, -0.05) is 30.3 Å². The van der Waals surface area contributed by atoms with Crippen LogP contribution in [-0.4, -0.2) is 0 Å². The molecule has 0 aromatic heterocycles. The van der Waals surface area contributed by atoms with Crippen LogP contribution in [0.25, 0.3) is 10.8 Å². The van der Waals surface area contributed by atoms with Gasteiger partial charge in [0.1, 0.15) is 5.82 Å². The lowest BCUT2D eigenvalue weighted by Crippen LogP contribution is -2.05. The molecule has 1 unspecified atom stereocenters. The van der Waals surface area contributed by atoms with Gasteiger partial charge in [-0.25, -0.2) is 4.39 Å². The Kier molecular flexibility index (Phi) is 2.22. The van der Waals surface area contributed by atoms with Gasteiger partial charge in [-0.2, -0.15) is 0 Å². The summed E-state index contributed by atoms with van der Waals surface area (Å²) in [5.41, 5.74) is 6.80. The van der Waals surface area contributed by atoms with Crippen molar-refractivity contribution < 1.29 is 4.39 Å². The van der Waals surface area contributed by atoms with Crippen molar-refractivity contribution in [1.29, 1.82) is 0 Å². The van der Waals surface area contributed by atoms with Crippen molar-refractivity contribution in [2.24, 2.45) is 5.73 Å². The first-order chi connectivity index (χ1) is 6.70. The number of halogens is 1. The zero-order chi connectivity index (χ0) is 10.1. The van der Waals surface area contributed by atoms with E-state index < -0.39 is 0 Å². The fourth-order valence-electron chi connectivity index (χ4n) is 1.68. The van der Waals surface area contributed by atoms with E-state index in [0.29, 0.717) is 5.39 Å². The van der Waals surface area contributed by atoms with Crippen molar-refractivity contribution in [3.05, 3.63) is 47.8 Å². The molecule has 0 heterocycles. The van der Waals surface area contributed by atoms with Crippen LogP contribution in [0.1, 0.15) is 18.5 Å². The molecule has 72 valence electrons. The summed E-state index contributed by atoms with van der Waals surface area (Å²) in [6.07, 6.45) is 0. The van der Waals surface area contributed by atoms with Gasteiger partial charge in [-0.05, 0) is 23.9 Å². The number of nitrogens with two attached hydrogens (primary N) is 1. The summed E-state index contributed by atoms with van der Waals surface area (Å²) in [5, 5.41) is 1.55. The molecule has 1 nitrogen and oxygen atoms in total. The van der Waals surface area contributed by atoms with Crippen LogP contribution in [0.4, 0.5) is 4.39 Å². The summed E-state index contributed by atoms with van der Waals surface area (Å²) in [7, 11) is 0. The third-order valence-electron chi connectivity index (χ3n) is 2.40. The molecule has 2 aromatic rings. The monoisotopic (exact) mass is 189 g/mol. The zero-order valence-electron chi connectivity index (χ0n) is 8.00. The number of fused-ring (bicyclic) bond motifs is 1. The maximum atomic E-state index is 13.4. The third-order valence-corrected chi connectivity index (χ3v) is 2.40. The van der Waals surface area contributed by atoms with Gasteiger partial charge in [0.25, 0.3) is 0 Å². The summed E-state index contributed by atoms with van der Waals surface area (Å²) >= 11 is 0. The van der Waals surface area contributed by atoms with Gasteiger partial charge in [0.2, 0.25) is 0 Å². The van der Waals surface area contributed by atoms with E-state index in [4.69, 9.17) is 5.73 Å². The lowest BCUT2D eigenvalue weighted by atomic mass is 10.00. The summed E-state index contributed by atoms with van der Waals surface area (Å²) in [6, 6.07) is 10.6. The molecule has 14 heavy (non-hydrogen) atoms. The van der Waals surface area contributed by atoms with Gasteiger partial charge in [0, 0.05) is 11.4 Å². The predicted octanol–water partition coefficient (Wildman–Crippen LogP) is 3.00. The van der Waals surface area contributed by atoms with Crippen LogP contribution in [0, 0.1) is 5.82 Å². The van der Waals surface area contributed by atoms with Crippen LogP contribution in [0.2, 0.25) is 0 Å². The molecule has 0 bridgehead atoms. The predicted molar refractivity (Wildman–Crippen MR) is 56.5 cm³/mol. The summed E-state index contributed by atoms with van der Waals surface area (Å²) in [5.74, 6) is -0.190. The molecule has 0 aliphatic rings. The number of hydrogen-bond acceptors (Lipinski definition) is 1. The molecule has 2 rings (SSSR count). The SMILES string of the molecule is CC(N)c1ccc(F)c2ccccc12. The molecular formula is C12H12FN. The first kappa shape index (κ1) is 9.16. The molecule has 0 saturated heterocycles. The van der Waals surface area contributed by atoms with Crippen LogP contribution < -0.4 is 5.73 Å². The molecule has 0 aliphatic carbocycles. The molecule has 2 aromatic carbocycles. The Morgan fingerprint density at radius 3 is 2.36 bits per heavy atom. The van der Waals surface area contributed by atoms with Gasteiger partial charge in [-0.3, -0.25) is 0 Å². The summed E-state index contributed by atoms with van der Waals surface area (Å²) < 4.78 is 13.4. The Hall–Kier alpha value is -1.41. The van der Waals surface area contributed by atoms with Gasteiger partial charge in [0.15, 0.2) is 0 Å². The molecule has 0 spiro atoms. The highest BCUT2D eigenvalue weighted by molar-refractivity contribution is 5.86. The van der Waals surface area contributed by atoms with Gasteiger partial charge < -0.3 is 5.73 Å². The minimum absolute atomic E-state index is 0.0690. The Bertz CT molecular complexity index is 463. The van der Waals surface area contributed by atoms with Gasteiger partial charge in [0.05, 0.1) is 0 Å². The summed E-state index contributed by atoms with van der Waals surface area (Å²) in [4.78, 5) is 0. The Labute approximate surface area is 82.3 Å². The average molecular weight is 189 g/mol. The average Bonchev–Trinajstić information content (AvgIpc) is 2.18. The lowest BCUT2D eigenvalue weighted by molar-refractivity contribution is 0.638. The molecule has 2 N–H and O–H groups in total. The smallest absolute Gasteiger partial charge is 0.131 e. The van der Waals surface area contributed by atoms with E-state index >= 15 is 0 Å². The summed E-state index contributed by atoms with van der Waals surface area (Å²) in [6.45, 7) is 1.90. The van der Waals surface area contributed by atoms with Crippen LogP contribution in [0.5, 0.6) is 0 Å². The first-order valence-corrected chi connectivity index (χ1v) is 4.63. The fourth-order valence-corrected chi connectivity index (χ4v) is 1.68. The van der Waals surface area contributed by atoms with Crippen molar-refractivity contribution in [2.45, 2.75) is 13.0 Å². The van der Waals surface area contributed by atoms with Gasteiger partial charge >= 0.3 is 0 Å². The molecule has 0 saturated carbocycles. The van der Waals surface area contributed by atoms with E-state index in [1.54, 1.807) is 12.1 Å². The minimum Gasteiger partial charge on any atom is -0.324 e. The van der Waals surface area contributed by atoms with Crippen molar-refractivity contribution in [3.8, 4) is 0 Å². The molecule has 0 radical (unpaired) electrons. The maximum Gasteiger partial charge on any atom is 0.131 e. The minimum atomic E-state index is -0.190. The molecule has 0 aliphatic heterocycles. The number of benzene rings is 2. The Morgan fingerprint density at radius 2 is 1.71 bits per heavy atom.